The zero-order valence-electron chi connectivity index (χ0n) is 10.2. The number of anilines is 1. The van der Waals surface area contributed by atoms with Crippen molar-refractivity contribution < 1.29 is 10.2 Å². The Hall–Kier alpha value is -0.690. The molecule has 1 saturated heterocycles. The first-order chi connectivity index (χ1) is 8.01. The Morgan fingerprint density at radius 1 is 1.71 bits per heavy atom. The molecule has 2 atom stereocenters. The predicted molar refractivity (Wildman–Crippen MR) is 68.2 cm³/mol. The number of nitrogens with one attached hydrogen (secondary N) is 1. The minimum absolute atomic E-state index is 0.499. The first-order valence-corrected chi connectivity index (χ1v) is 6.64. The number of aliphatic hydroxyl groups excluding tert-OH is 1. The van der Waals surface area contributed by atoms with Gasteiger partial charge < -0.3 is 15.5 Å². The molecule has 0 aromatic carbocycles. The number of piperidine rings is 1. The fourth-order valence-electron chi connectivity index (χ4n) is 1.95. The molecular weight excluding hydrogens is 238 g/mol. The fourth-order valence-corrected chi connectivity index (χ4v) is 2.61. The maximum atomic E-state index is 9.87. The Morgan fingerprint density at radius 3 is 3.06 bits per heavy atom. The highest BCUT2D eigenvalue weighted by molar-refractivity contribution is 7.13. The van der Waals surface area contributed by atoms with Crippen LogP contribution in [0.1, 0.15) is 19.0 Å². The maximum Gasteiger partial charge on any atom is 0.182 e. The van der Waals surface area contributed by atoms with Crippen LogP contribution >= 0.6 is 11.3 Å². The van der Waals surface area contributed by atoms with Crippen molar-refractivity contribution >= 4 is 16.5 Å². The zero-order chi connectivity index (χ0) is 12.5. The second-order valence-corrected chi connectivity index (χ2v) is 5.61. The monoisotopic (exact) mass is 257 g/mol. The smallest absolute Gasteiger partial charge is 0.182 e. The summed E-state index contributed by atoms with van der Waals surface area (Å²) in [4.78, 5) is 6.53. The summed E-state index contributed by atoms with van der Waals surface area (Å²) in [5, 5.41) is 25.6. The van der Waals surface area contributed by atoms with E-state index in [0.717, 1.165) is 23.9 Å². The standard InChI is InChI=1S/C11H19N3O2S/c1-11(16)3-4-14(6-9(11)15)5-8-7-17-10(12-2)13-8/h7,9,15-16H,3-6H2,1-2H3,(H,12,13)/t9-,11-/m0/s1. The van der Waals surface area contributed by atoms with Crippen molar-refractivity contribution in [1.29, 1.82) is 0 Å². The summed E-state index contributed by atoms with van der Waals surface area (Å²) in [6.45, 7) is 3.71. The average Bonchev–Trinajstić information content (AvgIpc) is 2.72. The number of aromatic nitrogens is 1. The molecule has 0 radical (unpaired) electrons. The van der Waals surface area contributed by atoms with Crippen molar-refractivity contribution in [2.45, 2.75) is 31.6 Å². The summed E-state index contributed by atoms with van der Waals surface area (Å²) >= 11 is 1.58. The first-order valence-electron chi connectivity index (χ1n) is 5.76. The molecule has 1 fully saturated rings. The van der Waals surface area contributed by atoms with Crippen LogP contribution in [0.2, 0.25) is 0 Å². The van der Waals surface area contributed by atoms with Crippen LogP contribution in [-0.4, -0.2) is 51.9 Å². The van der Waals surface area contributed by atoms with Crippen molar-refractivity contribution in [3.8, 4) is 0 Å². The summed E-state index contributed by atoms with van der Waals surface area (Å²) in [6, 6.07) is 0. The average molecular weight is 257 g/mol. The summed E-state index contributed by atoms with van der Waals surface area (Å²) < 4.78 is 0. The van der Waals surface area contributed by atoms with Crippen molar-refractivity contribution in [1.82, 2.24) is 9.88 Å². The van der Waals surface area contributed by atoms with Crippen LogP contribution in [0.15, 0.2) is 5.38 Å². The van der Waals surface area contributed by atoms with E-state index in [4.69, 9.17) is 0 Å². The van der Waals surface area contributed by atoms with Gasteiger partial charge in [-0.05, 0) is 13.3 Å². The molecule has 2 rings (SSSR count). The molecule has 6 heteroatoms. The highest BCUT2D eigenvalue weighted by Crippen LogP contribution is 2.24. The van der Waals surface area contributed by atoms with Gasteiger partial charge in [0.1, 0.15) is 0 Å². The minimum Gasteiger partial charge on any atom is -0.389 e. The van der Waals surface area contributed by atoms with Gasteiger partial charge in [0.05, 0.1) is 17.4 Å². The number of β-amino-alcohol motifs (C(OH)–C–C–N with tert-alkyl or cyclic N) is 1. The third-order valence-electron chi connectivity index (χ3n) is 3.23. The number of likely N-dealkylation sites (tertiary alicyclic amines) is 1. The zero-order valence-corrected chi connectivity index (χ0v) is 11.0. The third-order valence-corrected chi connectivity index (χ3v) is 4.14. The van der Waals surface area contributed by atoms with Crippen LogP contribution in [0.25, 0.3) is 0 Å². The first kappa shape index (κ1) is 12.8. The highest BCUT2D eigenvalue weighted by atomic mass is 32.1. The van der Waals surface area contributed by atoms with E-state index in [2.05, 4.69) is 15.2 Å². The SMILES string of the molecule is CNc1nc(CN2CC[C@](C)(O)[C@@H](O)C2)cs1. The van der Waals surface area contributed by atoms with Crippen molar-refractivity contribution in [2.24, 2.45) is 0 Å². The number of hydrogen-bond donors (Lipinski definition) is 3. The van der Waals surface area contributed by atoms with E-state index >= 15 is 0 Å². The molecule has 1 aliphatic rings. The lowest BCUT2D eigenvalue weighted by molar-refractivity contribution is -0.108. The van der Waals surface area contributed by atoms with Crippen LogP contribution in [0.3, 0.4) is 0 Å². The van der Waals surface area contributed by atoms with Crippen molar-refractivity contribution in [3.63, 3.8) is 0 Å². The van der Waals surface area contributed by atoms with E-state index in [1.54, 1.807) is 18.3 Å². The van der Waals surface area contributed by atoms with Gasteiger partial charge in [-0.15, -0.1) is 11.3 Å². The molecule has 0 saturated carbocycles. The molecule has 0 unspecified atom stereocenters. The molecule has 5 nitrogen and oxygen atoms in total. The van der Waals surface area contributed by atoms with E-state index in [0.29, 0.717) is 13.0 Å². The molecule has 1 aromatic rings. The van der Waals surface area contributed by atoms with Gasteiger partial charge in [-0.1, -0.05) is 0 Å². The van der Waals surface area contributed by atoms with Gasteiger partial charge in [-0.25, -0.2) is 4.98 Å². The lowest BCUT2D eigenvalue weighted by Crippen LogP contribution is -2.53. The number of rotatable bonds is 3. The van der Waals surface area contributed by atoms with Crippen LogP contribution < -0.4 is 5.32 Å². The van der Waals surface area contributed by atoms with E-state index in [9.17, 15) is 10.2 Å². The molecule has 0 bridgehead atoms. The van der Waals surface area contributed by atoms with E-state index < -0.39 is 11.7 Å². The van der Waals surface area contributed by atoms with Gasteiger partial charge in [0.15, 0.2) is 5.13 Å². The predicted octanol–water partition coefficient (Wildman–Crippen LogP) is 0.502. The largest absolute Gasteiger partial charge is 0.389 e. The summed E-state index contributed by atoms with van der Waals surface area (Å²) in [6.07, 6.45) is -0.0874. The summed E-state index contributed by atoms with van der Waals surface area (Å²) in [7, 11) is 1.85. The fraction of sp³-hybridized carbons (Fsp3) is 0.727. The summed E-state index contributed by atoms with van der Waals surface area (Å²) in [5.41, 5.74) is 0.0578. The second-order valence-electron chi connectivity index (χ2n) is 4.75. The van der Waals surface area contributed by atoms with Crippen LogP contribution in [0.4, 0.5) is 5.13 Å². The maximum absolute atomic E-state index is 9.87. The van der Waals surface area contributed by atoms with Gasteiger partial charge in [0.25, 0.3) is 0 Å². The van der Waals surface area contributed by atoms with E-state index in [-0.39, 0.29) is 0 Å². The van der Waals surface area contributed by atoms with Gasteiger partial charge >= 0.3 is 0 Å². The third kappa shape index (κ3) is 2.95. The van der Waals surface area contributed by atoms with Crippen molar-refractivity contribution in [3.05, 3.63) is 11.1 Å². The van der Waals surface area contributed by atoms with E-state index in [1.165, 1.54) is 0 Å². The quantitative estimate of drug-likeness (QED) is 0.736. The lowest BCUT2D eigenvalue weighted by atomic mass is 9.91. The molecule has 3 N–H and O–H groups in total. The summed E-state index contributed by atoms with van der Waals surface area (Å²) in [5.74, 6) is 0. The van der Waals surface area contributed by atoms with Crippen LogP contribution in [-0.2, 0) is 6.54 Å². The molecular formula is C11H19N3O2S. The molecule has 0 amide bonds. The number of thiazole rings is 1. The van der Waals surface area contributed by atoms with Gasteiger partial charge in [0, 0.05) is 32.1 Å². The molecule has 1 aromatic heterocycles. The van der Waals surface area contributed by atoms with Crippen molar-refractivity contribution in [2.75, 3.05) is 25.5 Å². The Morgan fingerprint density at radius 2 is 2.47 bits per heavy atom. The minimum atomic E-state index is -0.950. The topological polar surface area (TPSA) is 68.6 Å². The molecule has 2 heterocycles. The van der Waals surface area contributed by atoms with Crippen LogP contribution in [0, 0.1) is 0 Å². The molecule has 96 valence electrons. The molecule has 17 heavy (non-hydrogen) atoms. The Labute approximate surface area is 105 Å². The van der Waals surface area contributed by atoms with E-state index in [1.807, 2.05) is 12.4 Å². The van der Waals surface area contributed by atoms with Gasteiger partial charge in [-0.3, -0.25) is 4.90 Å². The number of hydrogen-bond acceptors (Lipinski definition) is 6. The lowest BCUT2D eigenvalue weighted by Gasteiger charge is -2.39. The molecule has 0 spiro atoms. The molecule has 1 aliphatic heterocycles. The van der Waals surface area contributed by atoms with Crippen LogP contribution in [0.5, 0.6) is 0 Å². The Kier molecular flexibility index (Phi) is 3.67. The molecule has 0 aliphatic carbocycles. The van der Waals surface area contributed by atoms with Gasteiger partial charge in [-0.2, -0.15) is 0 Å². The Bertz CT molecular complexity index is 381. The normalized spacial score (nSPS) is 30.5. The Balaban J connectivity index is 1.92. The number of aliphatic hydroxyl groups is 2. The van der Waals surface area contributed by atoms with Gasteiger partial charge in [0.2, 0.25) is 0 Å². The number of nitrogens with zero attached hydrogens (tertiary/aromatic N) is 2. The second kappa shape index (κ2) is 4.89. The highest BCUT2D eigenvalue weighted by Gasteiger charge is 2.36.